The summed E-state index contributed by atoms with van der Waals surface area (Å²) >= 11 is 6.96. The molecule has 3 aromatic rings. The summed E-state index contributed by atoms with van der Waals surface area (Å²) in [7, 11) is 0. The molecule has 0 spiro atoms. The monoisotopic (exact) mass is 512 g/mol. The third-order valence-electron chi connectivity index (χ3n) is 5.22. The van der Waals surface area contributed by atoms with Gasteiger partial charge in [0, 0.05) is 28.3 Å². The topological polar surface area (TPSA) is 79.9 Å². The van der Waals surface area contributed by atoms with Crippen molar-refractivity contribution in [2.75, 3.05) is 18.1 Å². The highest BCUT2D eigenvalue weighted by Gasteiger charge is 2.31. The predicted molar refractivity (Wildman–Crippen MR) is 125 cm³/mol. The van der Waals surface area contributed by atoms with Gasteiger partial charge in [0.25, 0.3) is 5.91 Å². The molecule has 5 rings (SSSR count). The van der Waals surface area contributed by atoms with Gasteiger partial charge in [-0.05, 0) is 41.5 Å². The molecule has 156 valence electrons. The van der Waals surface area contributed by atoms with Gasteiger partial charge in [-0.3, -0.25) is 4.79 Å². The minimum atomic E-state index is -0.118. The van der Waals surface area contributed by atoms with Gasteiger partial charge in [-0.1, -0.05) is 33.8 Å². The van der Waals surface area contributed by atoms with Crippen LogP contribution in [0.25, 0.3) is 0 Å². The molecule has 1 aromatic heterocycles. The van der Waals surface area contributed by atoms with Crippen LogP contribution in [0, 0.1) is 11.3 Å². The van der Waals surface area contributed by atoms with Crippen molar-refractivity contribution in [3.05, 3.63) is 69.5 Å². The molecular formula is C22H17BrN4O2S2. The van der Waals surface area contributed by atoms with Gasteiger partial charge in [-0.25, -0.2) is 4.98 Å². The second-order valence-electron chi connectivity index (χ2n) is 7.15. The Morgan fingerprint density at radius 3 is 3.06 bits per heavy atom. The predicted octanol–water partition coefficient (Wildman–Crippen LogP) is 4.98. The SMILES string of the molecule is N#Cc1ccc2cc1Oc1ccc(Br)c(c1)CSCCNC(=O)c1cnc3n1C2CS3. The highest BCUT2D eigenvalue weighted by atomic mass is 79.9. The molecule has 0 radical (unpaired) electrons. The van der Waals surface area contributed by atoms with Crippen LogP contribution in [0.1, 0.15) is 33.2 Å². The van der Waals surface area contributed by atoms with Crippen molar-refractivity contribution in [3.63, 3.8) is 0 Å². The summed E-state index contributed by atoms with van der Waals surface area (Å²) in [5, 5.41) is 13.5. The maximum atomic E-state index is 12.8. The Kier molecular flexibility index (Phi) is 5.69. The molecule has 2 aromatic carbocycles. The smallest absolute Gasteiger partial charge is 0.269 e. The first kappa shape index (κ1) is 20.5. The first-order chi connectivity index (χ1) is 15.1. The third kappa shape index (κ3) is 3.95. The van der Waals surface area contributed by atoms with Gasteiger partial charge in [0.1, 0.15) is 23.3 Å². The Morgan fingerprint density at radius 1 is 1.29 bits per heavy atom. The van der Waals surface area contributed by atoms with E-state index in [1.54, 1.807) is 35.8 Å². The van der Waals surface area contributed by atoms with E-state index in [0.29, 0.717) is 29.3 Å². The molecule has 2 aliphatic heterocycles. The minimum Gasteiger partial charge on any atom is -0.456 e. The maximum Gasteiger partial charge on any atom is 0.269 e. The second-order valence-corrected chi connectivity index (χ2v) is 10.1. The van der Waals surface area contributed by atoms with E-state index in [0.717, 1.165) is 38.0 Å². The molecule has 3 heterocycles. The van der Waals surface area contributed by atoms with Crippen LogP contribution >= 0.6 is 39.5 Å². The molecule has 9 heteroatoms. The lowest BCUT2D eigenvalue weighted by atomic mass is 10.0. The zero-order valence-corrected chi connectivity index (χ0v) is 19.5. The summed E-state index contributed by atoms with van der Waals surface area (Å²) in [6, 6.07) is 13.6. The number of thioether (sulfide) groups is 2. The number of halogens is 1. The number of fused-ring (bicyclic) bond motifs is 5. The molecule has 1 N–H and O–H groups in total. The Bertz CT molecular complexity index is 1220. The number of amides is 1. The Morgan fingerprint density at radius 2 is 2.19 bits per heavy atom. The summed E-state index contributed by atoms with van der Waals surface area (Å²) < 4.78 is 9.17. The van der Waals surface area contributed by atoms with Crippen LogP contribution in [0.2, 0.25) is 0 Å². The number of carbonyl (C=O) groups is 1. The number of benzene rings is 2. The fourth-order valence-electron chi connectivity index (χ4n) is 3.68. The van der Waals surface area contributed by atoms with Crippen molar-refractivity contribution in [1.82, 2.24) is 14.9 Å². The highest BCUT2D eigenvalue weighted by molar-refractivity contribution is 9.10. The van der Waals surface area contributed by atoms with E-state index in [1.807, 2.05) is 34.9 Å². The van der Waals surface area contributed by atoms with E-state index in [-0.39, 0.29) is 11.9 Å². The zero-order chi connectivity index (χ0) is 21.4. The number of imidazole rings is 1. The van der Waals surface area contributed by atoms with Gasteiger partial charge in [0.2, 0.25) is 0 Å². The van der Waals surface area contributed by atoms with Crippen LogP contribution in [0.3, 0.4) is 0 Å². The fraction of sp³-hybridized carbons (Fsp3) is 0.227. The Labute approximate surface area is 196 Å². The normalized spacial score (nSPS) is 17.9. The number of hydrogen-bond acceptors (Lipinski definition) is 6. The molecule has 0 aliphatic carbocycles. The van der Waals surface area contributed by atoms with Crippen molar-refractivity contribution in [2.45, 2.75) is 17.0 Å². The molecule has 0 saturated carbocycles. The molecule has 4 bridgehead atoms. The third-order valence-corrected chi connectivity index (χ3v) is 8.05. The van der Waals surface area contributed by atoms with Gasteiger partial charge in [-0.15, -0.1) is 0 Å². The fourth-order valence-corrected chi connectivity index (χ4v) is 6.24. The number of aromatic nitrogens is 2. The number of nitrogens with one attached hydrogen (secondary N) is 1. The Hall–Kier alpha value is -2.41. The molecule has 0 saturated heterocycles. The van der Waals surface area contributed by atoms with Crippen molar-refractivity contribution in [1.29, 1.82) is 5.26 Å². The van der Waals surface area contributed by atoms with Crippen LogP contribution in [0.5, 0.6) is 11.5 Å². The van der Waals surface area contributed by atoms with E-state index in [9.17, 15) is 10.1 Å². The highest BCUT2D eigenvalue weighted by Crippen LogP contribution is 2.40. The molecule has 1 amide bonds. The first-order valence-corrected chi connectivity index (χ1v) is 12.6. The number of ether oxygens (including phenoxy) is 1. The minimum absolute atomic E-state index is 0.0545. The average molecular weight is 513 g/mol. The number of nitriles is 1. The zero-order valence-electron chi connectivity index (χ0n) is 16.3. The summed E-state index contributed by atoms with van der Waals surface area (Å²) in [6.07, 6.45) is 1.64. The van der Waals surface area contributed by atoms with Gasteiger partial charge in [0.15, 0.2) is 5.16 Å². The molecule has 6 nitrogen and oxygen atoms in total. The molecule has 1 atom stereocenters. The number of rotatable bonds is 0. The van der Waals surface area contributed by atoms with Crippen molar-refractivity contribution < 1.29 is 9.53 Å². The molecule has 1 unspecified atom stereocenters. The van der Waals surface area contributed by atoms with Gasteiger partial charge < -0.3 is 14.6 Å². The van der Waals surface area contributed by atoms with E-state index < -0.39 is 0 Å². The molecule has 0 fully saturated rings. The van der Waals surface area contributed by atoms with E-state index in [1.165, 1.54) is 0 Å². The van der Waals surface area contributed by atoms with Crippen LogP contribution < -0.4 is 10.1 Å². The second kappa shape index (κ2) is 8.61. The lowest BCUT2D eigenvalue weighted by Crippen LogP contribution is -2.29. The lowest BCUT2D eigenvalue weighted by molar-refractivity contribution is 0.0945. The van der Waals surface area contributed by atoms with Crippen LogP contribution in [-0.4, -0.2) is 33.5 Å². The molecular weight excluding hydrogens is 496 g/mol. The van der Waals surface area contributed by atoms with Crippen molar-refractivity contribution in [3.8, 4) is 17.6 Å². The summed E-state index contributed by atoms with van der Waals surface area (Å²) in [4.78, 5) is 17.3. The summed E-state index contributed by atoms with van der Waals surface area (Å²) in [6.45, 7) is 0.580. The maximum absolute atomic E-state index is 12.8. The van der Waals surface area contributed by atoms with Crippen molar-refractivity contribution in [2.24, 2.45) is 0 Å². The Balaban J connectivity index is 1.61. The average Bonchev–Trinajstić information content (AvgIpc) is 3.37. The van der Waals surface area contributed by atoms with Crippen LogP contribution in [0.4, 0.5) is 0 Å². The lowest BCUT2D eigenvalue weighted by Gasteiger charge is -2.18. The number of carbonyl (C=O) groups excluding carboxylic acids is 1. The first-order valence-electron chi connectivity index (χ1n) is 9.70. The molecule has 31 heavy (non-hydrogen) atoms. The van der Waals surface area contributed by atoms with E-state index in [4.69, 9.17) is 4.74 Å². The number of hydrogen-bond donors (Lipinski definition) is 1. The van der Waals surface area contributed by atoms with E-state index in [2.05, 4.69) is 32.3 Å². The van der Waals surface area contributed by atoms with E-state index >= 15 is 0 Å². The van der Waals surface area contributed by atoms with Gasteiger partial charge in [-0.2, -0.15) is 17.0 Å². The van der Waals surface area contributed by atoms with Crippen molar-refractivity contribution >= 4 is 45.4 Å². The number of nitrogens with zero attached hydrogens (tertiary/aromatic N) is 3. The van der Waals surface area contributed by atoms with Gasteiger partial charge in [0.05, 0.1) is 17.8 Å². The summed E-state index contributed by atoms with van der Waals surface area (Å²) in [5.74, 6) is 3.43. The standard InChI is InChI=1S/C22H17BrN4O2S2/c23-17-4-3-16-7-15(17)11-30-6-5-25-21(28)18-10-26-22-27(18)19(12-31-22)13-1-2-14(9-24)20(8-13)29-16/h1-4,7-8,10,19H,5-6,11-12H2,(H,25,28). The largest absolute Gasteiger partial charge is 0.456 e. The van der Waals surface area contributed by atoms with Crippen LogP contribution in [0.15, 0.2) is 52.2 Å². The van der Waals surface area contributed by atoms with Crippen LogP contribution in [-0.2, 0) is 5.75 Å². The summed E-state index contributed by atoms with van der Waals surface area (Å²) in [5.41, 5.74) is 3.11. The quantitative estimate of drug-likeness (QED) is 0.457. The van der Waals surface area contributed by atoms with Gasteiger partial charge >= 0.3 is 0 Å². The molecule has 2 aliphatic rings.